The summed E-state index contributed by atoms with van der Waals surface area (Å²) in [6.07, 6.45) is 1.62. The van der Waals surface area contributed by atoms with Gasteiger partial charge in [0.15, 0.2) is 5.69 Å². The van der Waals surface area contributed by atoms with Gasteiger partial charge < -0.3 is 10.6 Å². The number of rotatable bonds is 6. The first-order valence-corrected chi connectivity index (χ1v) is 8.00. The normalized spacial score (nSPS) is 10.6. The van der Waals surface area contributed by atoms with Crippen molar-refractivity contribution in [2.24, 2.45) is 0 Å². The van der Waals surface area contributed by atoms with Crippen LogP contribution in [0.1, 0.15) is 37.0 Å². The number of nitrogen functional groups attached to an aromatic ring is 1. The molecule has 2 aromatic rings. The van der Waals surface area contributed by atoms with Crippen LogP contribution in [0.15, 0.2) is 39.9 Å². The second-order valence-electron chi connectivity index (χ2n) is 5.41. The average Bonchev–Trinajstić information content (AvgIpc) is 2.58. The predicted molar refractivity (Wildman–Crippen MR) is 94.4 cm³/mol. The van der Waals surface area contributed by atoms with Crippen molar-refractivity contribution in [3.05, 3.63) is 56.7 Å². The van der Waals surface area contributed by atoms with E-state index in [1.54, 1.807) is 37.3 Å². The molecule has 0 radical (unpaired) electrons. The zero-order valence-corrected chi connectivity index (χ0v) is 13.9. The van der Waals surface area contributed by atoms with Crippen LogP contribution in [-0.2, 0) is 6.54 Å². The van der Waals surface area contributed by atoms with Gasteiger partial charge in [-0.05, 0) is 25.5 Å². The predicted octanol–water partition coefficient (Wildman–Crippen LogP) is 1.59. The van der Waals surface area contributed by atoms with Crippen molar-refractivity contribution in [3.8, 4) is 0 Å². The summed E-state index contributed by atoms with van der Waals surface area (Å²) in [5, 5.41) is 0. The number of aromatic amines is 1. The maximum atomic E-state index is 12.7. The number of carbonyl (C=O) groups is 1. The van der Waals surface area contributed by atoms with Crippen LogP contribution in [0.5, 0.6) is 0 Å². The van der Waals surface area contributed by atoms with E-state index < -0.39 is 11.2 Å². The fraction of sp³-hybridized carbons (Fsp3) is 0.353. The fourth-order valence-corrected chi connectivity index (χ4v) is 2.52. The van der Waals surface area contributed by atoms with Crippen molar-refractivity contribution in [3.63, 3.8) is 0 Å². The number of nitrogens with zero attached hydrogens (tertiary/aromatic N) is 2. The molecule has 1 amide bonds. The van der Waals surface area contributed by atoms with Gasteiger partial charge in [0.2, 0.25) is 0 Å². The molecule has 0 aliphatic heterocycles. The minimum Gasteiger partial charge on any atom is -0.383 e. The number of amides is 1. The van der Waals surface area contributed by atoms with Crippen LogP contribution in [-0.4, -0.2) is 22.0 Å². The van der Waals surface area contributed by atoms with Gasteiger partial charge in [0.05, 0.1) is 0 Å². The molecule has 7 heteroatoms. The van der Waals surface area contributed by atoms with E-state index in [1.807, 2.05) is 6.92 Å². The van der Waals surface area contributed by atoms with Gasteiger partial charge in [-0.2, -0.15) is 0 Å². The number of hydrogen-bond acceptors (Lipinski definition) is 4. The molecule has 0 atom stereocenters. The summed E-state index contributed by atoms with van der Waals surface area (Å²) in [6.45, 7) is 4.39. The highest BCUT2D eigenvalue weighted by Crippen LogP contribution is 2.19. The second kappa shape index (κ2) is 7.63. The maximum Gasteiger partial charge on any atom is 0.330 e. The highest BCUT2D eigenvalue weighted by molar-refractivity contribution is 6.07. The Balaban J connectivity index is 2.54. The average molecular weight is 330 g/mol. The molecule has 24 heavy (non-hydrogen) atoms. The number of nitrogens with one attached hydrogen (secondary N) is 1. The number of H-pyrrole nitrogens is 1. The highest BCUT2D eigenvalue weighted by atomic mass is 16.2. The molecule has 128 valence electrons. The Morgan fingerprint density at radius 2 is 1.88 bits per heavy atom. The third-order valence-electron chi connectivity index (χ3n) is 3.80. The molecule has 0 saturated heterocycles. The Morgan fingerprint density at radius 3 is 2.46 bits per heavy atom. The third-order valence-corrected chi connectivity index (χ3v) is 3.80. The molecule has 3 N–H and O–H groups in total. The van der Waals surface area contributed by atoms with Crippen molar-refractivity contribution in [1.29, 1.82) is 0 Å². The summed E-state index contributed by atoms with van der Waals surface area (Å²) in [5.41, 5.74) is 5.32. The fourth-order valence-electron chi connectivity index (χ4n) is 2.52. The molecule has 0 fully saturated rings. The Labute approximate surface area is 139 Å². The van der Waals surface area contributed by atoms with Crippen LogP contribution in [0.4, 0.5) is 11.5 Å². The van der Waals surface area contributed by atoms with E-state index in [0.717, 1.165) is 12.8 Å². The van der Waals surface area contributed by atoms with Gasteiger partial charge >= 0.3 is 5.69 Å². The highest BCUT2D eigenvalue weighted by Gasteiger charge is 2.23. The van der Waals surface area contributed by atoms with Crippen LogP contribution in [0, 0.1) is 0 Å². The lowest BCUT2D eigenvalue weighted by Gasteiger charge is -2.23. The van der Waals surface area contributed by atoms with Crippen LogP contribution in [0.2, 0.25) is 0 Å². The summed E-state index contributed by atoms with van der Waals surface area (Å²) in [5.74, 6) is -0.320. The van der Waals surface area contributed by atoms with E-state index in [1.165, 1.54) is 9.47 Å². The lowest BCUT2D eigenvalue weighted by atomic mass is 10.2. The molecular formula is C17H22N4O3. The second-order valence-corrected chi connectivity index (χ2v) is 5.41. The summed E-state index contributed by atoms with van der Waals surface area (Å²) in [4.78, 5) is 40.5. The first kappa shape index (κ1) is 17.5. The van der Waals surface area contributed by atoms with E-state index in [9.17, 15) is 14.4 Å². The molecule has 0 saturated carbocycles. The van der Waals surface area contributed by atoms with Gasteiger partial charge in [-0.15, -0.1) is 0 Å². The van der Waals surface area contributed by atoms with Gasteiger partial charge in [0.1, 0.15) is 5.82 Å². The topological polar surface area (TPSA) is 101 Å². The van der Waals surface area contributed by atoms with E-state index in [0.29, 0.717) is 12.1 Å². The number of benzene rings is 1. The monoisotopic (exact) mass is 330 g/mol. The molecule has 1 aromatic heterocycles. The molecule has 1 heterocycles. The first-order valence-electron chi connectivity index (χ1n) is 8.00. The zero-order chi connectivity index (χ0) is 17.7. The van der Waals surface area contributed by atoms with Gasteiger partial charge in [-0.3, -0.25) is 19.1 Å². The van der Waals surface area contributed by atoms with E-state index in [4.69, 9.17) is 5.73 Å². The Kier molecular flexibility index (Phi) is 5.57. The lowest BCUT2D eigenvalue weighted by Crippen LogP contribution is -2.41. The SMILES string of the molecule is CCCCn1c(N)c(N(CC)C(=O)c2ccccc2)c(=O)[nH]c1=O. The maximum absolute atomic E-state index is 12.7. The molecule has 0 spiro atoms. The van der Waals surface area contributed by atoms with Crippen molar-refractivity contribution >= 4 is 17.4 Å². The van der Waals surface area contributed by atoms with Crippen LogP contribution in [0.3, 0.4) is 0 Å². The van der Waals surface area contributed by atoms with Crippen molar-refractivity contribution in [2.45, 2.75) is 33.2 Å². The lowest BCUT2D eigenvalue weighted by molar-refractivity contribution is 0.0988. The number of unbranched alkanes of at least 4 members (excludes halogenated alkanes) is 1. The standard InChI is InChI=1S/C17H22N4O3/c1-3-5-11-21-14(18)13(15(22)19-17(21)24)20(4-2)16(23)12-9-7-6-8-10-12/h6-10H,3-5,11,18H2,1-2H3,(H,19,22,24). The third kappa shape index (κ3) is 3.40. The molecular weight excluding hydrogens is 308 g/mol. The van der Waals surface area contributed by atoms with Gasteiger partial charge in [-0.1, -0.05) is 31.5 Å². The number of hydrogen-bond donors (Lipinski definition) is 2. The summed E-state index contributed by atoms with van der Waals surface area (Å²) in [7, 11) is 0. The van der Waals surface area contributed by atoms with Gasteiger partial charge in [0.25, 0.3) is 11.5 Å². The Hall–Kier alpha value is -2.83. The first-order chi connectivity index (χ1) is 11.5. The largest absolute Gasteiger partial charge is 0.383 e. The molecule has 0 unspecified atom stereocenters. The molecule has 0 aliphatic carbocycles. The summed E-state index contributed by atoms with van der Waals surface area (Å²) in [6, 6.07) is 8.64. The number of anilines is 2. The Bertz CT molecular complexity index is 824. The minimum atomic E-state index is -0.656. The molecule has 2 rings (SSSR count). The minimum absolute atomic E-state index is 0.0158. The van der Waals surface area contributed by atoms with Crippen LogP contribution >= 0.6 is 0 Å². The summed E-state index contributed by atoms with van der Waals surface area (Å²) < 4.78 is 1.31. The van der Waals surface area contributed by atoms with E-state index >= 15 is 0 Å². The van der Waals surface area contributed by atoms with E-state index in [-0.39, 0.29) is 24.0 Å². The van der Waals surface area contributed by atoms with Gasteiger partial charge in [-0.25, -0.2) is 4.79 Å². The number of carbonyl (C=O) groups excluding carboxylic acids is 1. The van der Waals surface area contributed by atoms with Crippen LogP contribution in [0.25, 0.3) is 0 Å². The molecule has 0 aliphatic rings. The van der Waals surface area contributed by atoms with Crippen molar-refractivity contribution in [1.82, 2.24) is 9.55 Å². The molecule has 1 aromatic carbocycles. The quantitative estimate of drug-likeness (QED) is 0.839. The van der Waals surface area contributed by atoms with Crippen LogP contribution < -0.4 is 21.9 Å². The van der Waals surface area contributed by atoms with Gasteiger partial charge in [0, 0.05) is 18.7 Å². The summed E-state index contributed by atoms with van der Waals surface area (Å²) >= 11 is 0. The molecule has 7 nitrogen and oxygen atoms in total. The number of nitrogens with two attached hydrogens (primary N) is 1. The Morgan fingerprint density at radius 1 is 1.21 bits per heavy atom. The van der Waals surface area contributed by atoms with E-state index in [2.05, 4.69) is 4.98 Å². The van der Waals surface area contributed by atoms with Crippen molar-refractivity contribution in [2.75, 3.05) is 17.2 Å². The van der Waals surface area contributed by atoms with Crippen molar-refractivity contribution < 1.29 is 4.79 Å². The molecule has 0 bridgehead atoms. The zero-order valence-electron chi connectivity index (χ0n) is 13.9. The number of aromatic nitrogens is 2. The smallest absolute Gasteiger partial charge is 0.330 e.